The van der Waals surface area contributed by atoms with Crippen LogP contribution in [0.3, 0.4) is 0 Å². The Hall–Kier alpha value is -4.34. The largest absolute Gasteiger partial charge is 0.464 e. The minimum atomic E-state index is -0.613. The molecular weight excluding hydrogens is 417 g/mol. The zero-order valence-electron chi connectivity index (χ0n) is 17.0. The van der Waals surface area contributed by atoms with Crippen LogP contribution in [0.1, 0.15) is 22.8 Å². The molecule has 0 atom stereocenters. The van der Waals surface area contributed by atoms with Gasteiger partial charge in [-0.15, -0.1) is 5.10 Å². The van der Waals surface area contributed by atoms with Crippen molar-refractivity contribution in [3.8, 4) is 17.0 Å². The molecule has 32 heavy (non-hydrogen) atoms. The number of esters is 1. The first-order valence-corrected chi connectivity index (χ1v) is 9.64. The van der Waals surface area contributed by atoms with Crippen molar-refractivity contribution in [1.82, 2.24) is 20.0 Å². The average molecular weight is 435 g/mol. The number of aryl methyl sites for hydroxylation is 1. The van der Waals surface area contributed by atoms with Crippen molar-refractivity contribution in [1.29, 1.82) is 0 Å². The molecule has 10 heteroatoms. The van der Waals surface area contributed by atoms with E-state index in [1.807, 2.05) is 0 Å². The number of methoxy groups -OCH3 is 1. The fourth-order valence-electron chi connectivity index (χ4n) is 3.00. The smallest absolute Gasteiger partial charge is 0.360 e. The Kier molecular flexibility index (Phi) is 6.02. The molecular formula is C22H18FN5O4. The second-order valence-electron chi connectivity index (χ2n) is 6.70. The highest BCUT2D eigenvalue weighted by atomic mass is 19.1. The van der Waals surface area contributed by atoms with E-state index in [4.69, 9.17) is 4.42 Å². The second kappa shape index (κ2) is 9.21. The van der Waals surface area contributed by atoms with Crippen LogP contribution >= 0.6 is 0 Å². The first-order valence-electron chi connectivity index (χ1n) is 9.64. The minimum Gasteiger partial charge on any atom is -0.464 e. The molecule has 0 aliphatic heterocycles. The predicted octanol–water partition coefficient (Wildman–Crippen LogP) is 3.42. The Morgan fingerprint density at radius 1 is 1.16 bits per heavy atom. The molecule has 0 saturated carbocycles. The number of para-hydroxylation sites is 2. The zero-order valence-corrected chi connectivity index (χ0v) is 17.0. The summed E-state index contributed by atoms with van der Waals surface area (Å²) in [5.41, 5.74) is 1.37. The number of benzene rings is 2. The predicted molar refractivity (Wildman–Crippen MR) is 112 cm³/mol. The molecule has 1 N–H and O–H groups in total. The van der Waals surface area contributed by atoms with E-state index in [1.54, 1.807) is 42.5 Å². The minimum absolute atomic E-state index is 0.0446. The van der Waals surface area contributed by atoms with Crippen LogP contribution < -0.4 is 5.32 Å². The summed E-state index contributed by atoms with van der Waals surface area (Å²) in [5, 5.41) is 10.5. The lowest BCUT2D eigenvalue weighted by Crippen LogP contribution is -2.14. The highest BCUT2D eigenvalue weighted by Crippen LogP contribution is 2.24. The van der Waals surface area contributed by atoms with E-state index in [0.29, 0.717) is 28.6 Å². The van der Waals surface area contributed by atoms with E-state index in [1.165, 1.54) is 30.3 Å². The van der Waals surface area contributed by atoms with Crippen molar-refractivity contribution < 1.29 is 23.1 Å². The van der Waals surface area contributed by atoms with Crippen molar-refractivity contribution in [2.45, 2.75) is 12.8 Å². The van der Waals surface area contributed by atoms with Gasteiger partial charge in [-0.1, -0.05) is 29.5 Å². The number of oxazole rings is 1. The number of halogens is 1. The molecule has 0 spiro atoms. The summed E-state index contributed by atoms with van der Waals surface area (Å²) in [5.74, 6) is -0.676. The number of ether oxygens (including phenoxy) is 1. The molecule has 2 aromatic heterocycles. The summed E-state index contributed by atoms with van der Waals surface area (Å²) >= 11 is 0. The van der Waals surface area contributed by atoms with Crippen LogP contribution in [0.25, 0.3) is 17.0 Å². The van der Waals surface area contributed by atoms with Gasteiger partial charge in [-0.2, -0.15) is 0 Å². The molecule has 4 aromatic rings. The molecule has 1 amide bonds. The van der Waals surface area contributed by atoms with Crippen LogP contribution in [0.2, 0.25) is 0 Å². The fourth-order valence-corrected chi connectivity index (χ4v) is 3.00. The zero-order chi connectivity index (χ0) is 22.5. The number of nitrogens with one attached hydrogen (secondary N) is 1. The van der Waals surface area contributed by atoms with Crippen molar-refractivity contribution in [3.63, 3.8) is 0 Å². The number of hydrogen-bond donors (Lipinski definition) is 1. The van der Waals surface area contributed by atoms with Gasteiger partial charge in [-0.3, -0.25) is 4.79 Å². The fraction of sp³-hybridized carbons (Fsp3) is 0.136. The van der Waals surface area contributed by atoms with Gasteiger partial charge in [0.1, 0.15) is 5.82 Å². The van der Waals surface area contributed by atoms with Gasteiger partial charge in [0.25, 0.3) is 0 Å². The highest BCUT2D eigenvalue weighted by molar-refractivity contribution is 5.93. The second-order valence-corrected chi connectivity index (χ2v) is 6.70. The Morgan fingerprint density at radius 2 is 1.94 bits per heavy atom. The number of hydrogen-bond acceptors (Lipinski definition) is 7. The van der Waals surface area contributed by atoms with E-state index in [0.717, 1.165) is 0 Å². The van der Waals surface area contributed by atoms with E-state index in [2.05, 4.69) is 25.3 Å². The van der Waals surface area contributed by atoms with Gasteiger partial charge < -0.3 is 14.5 Å². The maximum atomic E-state index is 13.9. The van der Waals surface area contributed by atoms with Crippen LogP contribution in [0.15, 0.2) is 65.3 Å². The molecule has 2 aromatic carbocycles. The van der Waals surface area contributed by atoms with Gasteiger partial charge in [0.05, 0.1) is 36.4 Å². The quantitative estimate of drug-likeness (QED) is 0.443. The van der Waals surface area contributed by atoms with E-state index in [-0.39, 0.29) is 24.4 Å². The summed E-state index contributed by atoms with van der Waals surface area (Å²) < 4.78 is 25.5. The van der Waals surface area contributed by atoms with Gasteiger partial charge >= 0.3 is 5.97 Å². The van der Waals surface area contributed by atoms with Crippen molar-refractivity contribution in [2.24, 2.45) is 0 Å². The van der Waals surface area contributed by atoms with Crippen molar-refractivity contribution in [2.75, 3.05) is 12.4 Å². The van der Waals surface area contributed by atoms with Crippen LogP contribution in [-0.4, -0.2) is 39.0 Å². The van der Waals surface area contributed by atoms with Gasteiger partial charge in [0.2, 0.25) is 5.91 Å². The summed E-state index contributed by atoms with van der Waals surface area (Å²) in [6, 6.07) is 13.2. The maximum absolute atomic E-state index is 13.9. The van der Waals surface area contributed by atoms with Gasteiger partial charge in [-0.25, -0.2) is 18.9 Å². The third kappa shape index (κ3) is 4.53. The Morgan fingerprint density at radius 3 is 2.75 bits per heavy atom. The first-order chi connectivity index (χ1) is 15.5. The molecule has 0 aliphatic carbocycles. The Bertz CT molecular complexity index is 1270. The molecule has 0 unspecified atom stereocenters. The molecule has 162 valence electrons. The number of carbonyl (C=O) groups excluding carboxylic acids is 2. The topological polar surface area (TPSA) is 112 Å². The van der Waals surface area contributed by atoms with Gasteiger partial charge in [0, 0.05) is 12.8 Å². The molecule has 2 heterocycles. The SMILES string of the molecule is COC(=O)c1cn(-c2ccccc2NC(=O)CCc2ncc(-c3ccccc3F)o2)nn1. The normalized spacial score (nSPS) is 10.7. The van der Waals surface area contributed by atoms with Crippen LogP contribution in [0, 0.1) is 5.82 Å². The molecule has 0 radical (unpaired) electrons. The van der Waals surface area contributed by atoms with Crippen molar-refractivity contribution in [3.05, 3.63) is 78.3 Å². The number of amides is 1. The van der Waals surface area contributed by atoms with Crippen molar-refractivity contribution >= 4 is 17.6 Å². The maximum Gasteiger partial charge on any atom is 0.360 e. The third-order valence-electron chi connectivity index (χ3n) is 4.57. The summed E-state index contributed by atoms with van der Waals surface area (Å²) in [7, 11) is 1.25. The summed E-state index contributed by atoms with van der Waals surface area (Å²) in [4.78, 5) is 28.2. The average Bonchev–Trinajstić information content (AvgIpc) is 3.48. The number of carbonyl (C=O) groups is 2. The Labute approximate surface area is 181 Å². The number of anilines is 1. The third-order valence-corrected chi connectivity index (χ3v) is 4.57. The standard InChI is InChI=1S/C22H18FN5O4/c1-31-22(30)17-13-28(27-26-17)18-9-5-4-8-16(18)25-20(29)10-11-21-24-12-19(32-21)14-6-2-3-7-15(14)23/h2-9,12-13H,10-11H2,1H3,(H,25,29). The lowest BCUT2D eigenvalue weighted by molar-refractivity contribution is -0.116. The number of nitrogens with zero attached hydrogens (tertiary/aromatic N) is 4. The molecule has 0 aliphatic rings. The molecule has 4 rings (SSSR count). The lowest BCUT2D eigenvalue weighted by atomic mass is 10.2. The van der Waals surface area contributed by atoms with Gasteiger partial charge in [-0.05, 0) is 24.3 Å². The Balaban J connectivity index is 1.42. The molecule has 0 saturated heterocycles. The first kappa shape index (κ1) is 20.9. The van der Waals surface area contributed by atoms with E-state index >= 15 is 0 Å². The van der Waals surface area contributed by atoms with Crippen LogP contribution in [-0.2, 0) is 16.0 Å². The number of rotatable bonds is 7. The number of aromatic nitrogens is 4. The van der Waals surface area contributed by atoms with Gasteiger partial charge in [0.15, 0.2) is 17.3 Å². The molecule has 0 bridgehead atoms. The monoisotopic (exact) mass is 435 g/mol. The van der Waals surface area contributed by atoms with E-state index < -0.39 is 11.8 Å². The lowest BCUT2D eigenvalue weighted by Gasteiger charge is -2.10. The van der Waals surface area contributed by atoms with Crippen LogP contribution in [0.5, 0.6) is 0 Å². The summed E-state index contributed by atoms with van der Waals surface area (Å²) in [6.45, 7) is 0. The molecule has 0 fully saturated rings. The summed E-state index contributed by atoms with van der Waals surface area (Å²) in [6.07, 6.45) is 3.17. The van der Waals surface area contributed by atoms with Crippen LogP contribution in [0.4, 0.5) is 10.1 Å². The molecule has 9 nitrogen and oxygen atoms in total. The van der Waals surface area contributed by atoms with E-state index in [9.17, 15) is 14.0 Å². The highest BCUT2D eigenvalue weighted by Gasteiger charge is 2.15.